The first kappa shape index (κ1) is 17.6. The van der Waals surface area contributed by atoms with Gasteiger partial charge >= 0.3 is 6.03 Å². The summed E-state index contributed by atoms with van der Waals surface area (Å²) in [6, 6.07) is 13.2. The highest BCUT2D eigenvalue weighted by Crippen LogP contribution is 2.17. The molecule has 0 aliphatic heterocycles. The van der Waals surface area contributed by atoms with Gasteiger partial charge in [-0.25, -0.2) is 4.79 Å². The fraction of sp³-hybridized carbons (Fsp3) is 0.176. The molecule has 4 N–H and O–H groups in total. The zero-order valence-electron chi connectivity index (χ0n) is 13.1. The summed E-state index contributed by atoms with van der Waals surface area (Å²) in [5.74, 6) is 0.341. The molecule has 126 valence electrons. The third-order valence-corrected chi connectivity index (χ3v) is 3.44. The fourth-order valence-electron chi connectivity index (χ4n) is 1.95. The van der Waals surface area contributed by atoms with Gasteiger partial charge in [0, 0.05) is 17.3 Å². The molecule has 2 aromatic carbocycles. The Labute approximate surface area is 144 Å². The van der Waals surface area contributed by atoms with Crippen molar-refractivity contribution in [2.45, 2.75) is 19.6 Å². The molecule has 6 nitrogen and oxygen atoms in total. The lowest BCUT2D eigenvalue weighted by Gasteiger charge is -2.15. The van der Waals surface area contributed by atoms with Crippen LogP contribution < -0.4 is 21.1 Å². The van der Waals surface area contributed by atoms with E-state index in [1.807, 2.05) is 0 Å². The van der Waals surface area contributed by atoms with Gasteiger partial charge in [-0.3, -0.25) is 4.79 Å². The van der Waals surface area contributed by atoms with E-state index < -0.39 is 12.1 Å². The first-order chi connectivity index (χ1) is 11.4. The standard InChI is InChI=1S/C17H18ClN3O3/c1-11(24-15-8-4-13(18)5-9-15)16(22)20-10-12-2-6-14(7-3-12)21-17(19)23/h2-9,11H,10H2,1H3,(H,20,22)(H3,19,21,23). The van der Waals surface area contributed by atoms with Gasteiger partial charge in [0.15, 0.2) is 6.10 Å². The zero-order chi connectivity index (χ0) is 17.5. The molecule has 0 saturated heterocycles. The van der Waals surface area contributed by atoms with E-state index in [0.717, 1.165) is 5.56 Å². The molecule has 24 heavy (non-hydrogen) atoms. The molecular formula is C17H18ClN3O3. The highest BCUT2D eigenvalue weighted by atomic mass is 35.5. The van der Waals surface area contributed by atoms with Gasteiger partial charge in [-0.15, -0.1) is 0 Å². The number of nitrogens with one attached hydrogen (secondary N) is 2. The van der Waals surface area contributed by atoms with Crippen LogP contribution in [0.1, 0.15) is 12.5 Å². The molecule has 3 amide bonds. The van der Waals surface area contributed by atoms with Crippen LogP contribution in [0.5, 0.6) is 5.75 Å². The number of nitrogens with two attached hydrogens (primary N) is 1. The molecular weight excluding hydrogens is 330 g/mol. The third-order valence-electron chi connectivity index (χ3n) is 3.18. The molecule has 0 aliphatic rings. The molecule has 0 heterocycles. The summed E-state index contributed by atoms with van der Waals surface area (Å²) in [6.45, 7) is 2.02. The maximum atomic E-state index is 12.1. The van der Waals surface area contributed by atoms with Gasteiger partial charge in [-0.2, -0.15) is 0 Å². The number of hydrogen-bond acceptors (Lipinski definition) is 3. The summed E-state index contributed by atoms with van der Waals surface area (Å²) in [7, 11) is 0. The molecule has 0 radical (unpaired) electrons. The van der Waals surface area contributed by atoms with Crippen molar-refractivity contribution in [3.63, 3.8) is 0 Å². The number of carbonyl (C=O) groups is 2. The minimum Gasteiger partial charge on any atom is -0.481 e. The highest BCUT2D eigenvalue weighted by Gasteiger charge is 2.14. The molecule has 0 saturated carbocycles. The number of anilines is 1. The Kier molecular flexibility index (Phi) is 6.03. The summed E-state index contributed by atoms with van der Waals surface area (Å²) >= 11 is 5.80. The van der Waals surface area contributed by atoms with E-state index in [-0.39, 0.29) is 5.91 Å². The number of benzene rings is 2. The summed E-state index contributed by atoms with van der Waals surface area (Å²) in [5.41, 5.74) is 6.52. The molecule has 2 rings (SSSR count). The van der Waals surface area contributed by atoms with E-state index in [0.29, 0.717) is 23.0 Å². The van der Waals surface area contributed by atoms with Gasteiger partial charge in [0.1, 0.15) is 5.75 Å². The Hall–Kier alpha value is -2.73. The largest absolute Gasteiger partial charge is 0.481 e. The number of hydrogen-bond donors (Lipinski definition) is 3. The first-order valence-electron chi connectivity index (χ1n) is 7.29. The lowest BCUT2D eigenvalue weighted by atomic mass is 10.2. The van der Waals surface area contributed by atoms with Gasteiger partial charge in [-0.05, 0) is 48.9 Å². The van der Waals surface area contributed by atoms with Crippen LogP contribution in [0.4, 0.5) is 10.5 Å². The topological polar surface area (TPSA) is 93.4 Å². The van der Waals surface area contributed by atoms with Gasteiger partial charge in [-0.1, -0.05) is 23.7 Å². The summed E-state index contributed by atoms with van der Waals surface area (Å²) < 4.78 is 5.55. The monoisotopic (exact) mass is 347 g/mol. The lowest BCUT2D eigenvalue weighted by Crippen LogP contribution is -2.35. The Morgan fingerprint density at radius 3 is 2.33 bits per heavy atom. The fourth-order valence-corrected chi connectivity index (χ4v) is 2.08. The van der Waals surface area contributed by atoms with E-state index in [1.165, 1.54) is 0 Å². The quantitative estimate of drug-likeness (QED) is 0.750. The van der Waals surface area contributed by atoms with Crippen LogP contribution in [-0.2, 0) is 11.3 Å². The normalized spacial score (nSPS) is 11.4. The van der Waals surface area contributed by atoms with E-state index in [9.17, 15) is 9.59 Å². The molecule has 0 aromatic heterocycles. The number of primary amides is 1. The van der Waals surface area contributed by atoms with Crippen molar-refractivity contribution in [2.75, 3.05) is 5.32 Å². The number of rotatable bonds is 6. The van der Waals surface area contributed by atoms with Crippen LogP contribution in [0.25, 0.3) is 0 Å². The van der Waals surface area contributed by atoms with Gasteiger partial charge in [0.2, 0.25) is 0 Å². The molecule has 0 aliphatic carbocycles. The third kappa shape index (κ3) is 5.48. The Morgan fingerprint density at radius 2 is 1.75 bits per heavy atom. The van der Waals surface area contributed by atoms with E-state index in [1.54, 1.807) is 55.5 Å². The Morgan fingerprint density at radius 1 is 1.12 bits per heavy atom. The van der Waals surface area contributed by atoms with Crippen LogP contribution in [-0.4, -0.2) is 18.0 Å². The maximum Gasteiger partial charge on any atom is 0.316 e. The molecule has 1 atom stereocenters. The summed E-state index contributed by atoms with van der Waals surface area (Å²) in [6.07, 6.45) is -0.637. The summed E-state index contributed by atoms with van der Waals surface area (Å²) in [5, 5.41) is 5.86. The molecule has 0 spiro atoms. The number of amides is 3. The van der Waals surface area contributed by atoms with Crippen molar-refractivity contribution in [1.82, 2.24) is 5.32 Å². The van der Waals surface area contributed by atoms with Gasteiger partial charge < -0.3 is 21.1 Å². The zero-order valence-corrected chi connectivity index (χ0v) is 13.8. The van der Waals surface area contributed by atoms with Crippen LogP contribution in [0.15, 0.2) is 48.5 Å². The molecule has 2 aromatic rings. The number of halogens is 1. The predicted octanol–water partition coefficient (Wildman–Crippen LogP) is 2.91. The Balaban J connectivity index is 1.83. The first-order valence-corrected chi connectivity index (χ1v) is 7.67. The van der Waals surface area contributed by atoms with Gasteiger partial charge in [0.05, 0.1) is 0 Å². The van der Waals surface area contributed by atoms with Crippen LogP contribution in [0.2, 0.25) is 5.02 Å². The van der Waals surface area contributed by atoms with Crippen LogP contribution >= 0.6 is 11.6 Å². The second kappa shape index (κ2) is 8.21. The van der Waals surface area contributed by atoms with E-state index in [4.69, 9.17) is 22.1 Å². The summed E-state index contributed by atoms with van der Waals surface area (Å²) in [4.78, 5) is 22.8. The molecule has 0 bridgehead atoms. The molecule has 7 heteroatoms. The van der Waals surface area contributed by atoms with Crippen molar-refractivity contribution in [3.8, 4) is 5.75 Å². The smallest absolute Gasteiger partial charge is 0.316 e. The molecule has 0 fully saturated rings. The Bertz CT molecular complexity index is 702. The number of carbonyl (C=O) groups excluding carboxylic acids is 2. The number of ether oxygens (including phenoxy) is 1. The van der Waals surface area contributed by atoms with Crippen LogP contribution in [0, 0.1) is 0 Å². The van der Waals surface area contributed by atoms with Crippen molar-refractivity contribution >= 4 is 29.2 Å². The van der Waals surface area contributed by atoms with Crippen molar-refractivity contribution in [2.24, 2.45) is 5.73 Å². The minimum absolute atomic E-state index is 0.232. The number of urea groups is 1. The highest BCUT2D eigenvalue weighted by molar-refractivity contribution is 6.30. The van der Waals surface area contributed by atoms with Crippen molar-refractivity contribution < 1.29 is 14.3 Å². The lowest BCUT2D eigenvalue weighted by molar-refractivity contribution is -0.127. The van der Waals surface area contributed by atoms with Gasteiger partial charge in [0.25, 0.3) is 5.91 Å². The second-order valence-electron chi connectivity index (χ2n) is 5.12. The maximum absolute atomic E-state index is 12.1. The van der Waals surface area contributed by atoms with E-state index >= 15 is 0 Å². The predicted molar refractivity (Wildman–Crippen MR) is 93.0 cm³/mol. The van der Waals surface area contributed by atoms with Crippen LogP contribution in [0.3, 0.4) is 0 Å². The average molecular weight is 348 g/mol. The average Bonchev–Trinajstić information content (AvgIpc) is 2.55. The minimum atomic E-state index is -0.637. The van der Waals surface area contributed by atoms with Crippen molar-refractivity contribution in [1.29, 1.82) is 0 Å². The van der Waals surface area contributed by atoms with E-state index in [2.05, 4.69) is 10.6 Å². The SMILES string of the molecule is CC(Oc1ccc(Cl)cc1)C(=O)NCc1ccc(NC(N)=O)cc1. The van der Waals surface area contributed by atoms with Crippen molar-refractivity contribution in [3.05, 3.63) is 59.1 Å². The molecule has 1 unspecified atom stereocenters. The second-order valence-corrected chi connectivity index (χ2v) is 5.55.